The summed E-state index contributed by atoms with van der Waals surface area (Å²) in [5.74, 6) is 0.483. The number of furan rings is 1. The Morgan fingerprint density at radius 2 is 2.06 bits per heavy atom. The number of ether oxygens (including phenoxy) is 2. The van der Waals surface area contributed by atoms with Crippen molar-refractivity contribution >= 4 is 0 Å². The Morgan fingerprint density at radius 1 is 1.38 bits per heavy atom. The molecule has 2 heterocycles. The van der Waals surface area contributed by atoms with E-state index >= 15 is 0 Å². The first-order valence-corrected chi connectivity index (χ1v) is 5.64. The van der Waals surface area contributed by atoms with E-state index in [1.165, 1.54) is 0 Å². The molecular weight excluding hydrogens is 206 g/mol. The predicted molar refractivity (Wildman–Crippen MR) is 60.0 cm³/mol. The van der Waals surface area contributed by atoms with Gasteiger partial charge in [0.25, 0.3) is 0 Å². The molecule has 1 saturated heterocycles. The number of nitrogens with one attached hydrogen (secondary N) is 1. The van der Waals surface area contributed by atoms with Crippen molar-refractivity contribution in [3.63, 3.8) is 0 Å². The van der Waals surface area contributed by atoms with E-state index in [9.17, 15) is 0 Å². The summed E-state index contributed by atoms with van der Waals surface area (Å²) in [5, 5.41) is 3.42. The molecule has 90 valence electrons. The summed E-state index contributed by atoms with van der Waals surface area (Å²) in [6.45, 7) is 7.26. The lowest BCUT2D eigenvalue weighted by Crippen LogP contribution is -2.49. The molecule has 0 saturated carbocycles. The molecule has 16 heavy (non-hydrogen) atoms. The van der Waals surface area contributed by atoms with Crippen molar-refractivity contribution in [1.29, 1.82) is 0 Å². The first kappa shape index (κ1) is 11.6. The van der Waals surface area contributed by atoms with Gasteiger partial charge in [-0.1, -0.05) is 0 Å². The van der Waals surface area contributed by atoms with Gasteiger partial charge in [-0.3, -0.25) is 0 Å². The fourth-order valence-electron chi connectivity index (χ4n) is 1.76. The summed E-state index contributed by atoms with van der Waals surface area (Å²) >= 11 is 0. The third-order valence-corrected chi connectivity index (χ3v) is 2.72. The van der Waals surface area contributed by atoms with Gasteiger partial charge in [0.2, 0.25) is 0 Å². The molecule has 1 N–H and O–H groups in total. The molecule has 1 atom stereocenters. The molecule has 0 aromatic carbocycles. The lowest BCUT2D eigenvalue weighted by molar-refractivity contribution is -0.253. The van der Waals surface area contributed by atoms with Gasteiger partial charge in [-0.15, -0.1) is 0 Å². The molecular formula is C12H19NO3. The molecule has 0 aliphatic carbocycles. The Morgan fingerprint density at radius 3 is 2.62 bits per heavy atom. The second-order valence-electron chi connectivity index (χ2n) is 4.62. The highest BCUT2D eigenvalue weighted by atomic mass is 16.7. The SMILES string of the molecule is C[C@H](NC1COC(C)(C)OC1)c1ccco1. The molecule has 1 aliphatic rings. The van der Waals surface area contributed by atoms with E-state index in [1.807, 2.05) is 26.0 Å². The van der Waals surface area contributed by atoms with Gasteiger partial charge in [0.1, 0.15) is 5.76 Å². The molecule has 1 aliphatic heterocycles. The Kier molecular flexibility index (Phi) is 3.33. The molecule has 0 amide bonds. The third kappa shape index (κ3) is 2.84. The second-order valence-corrected chi connectivity index (χ2v) is 4.62. The summed E-state index contributed by atoms with van der Waals surface area (Å²) in [6, 6.07) is 4.25. The summed E-state index contributed by atoms with van der Waals surface area (Å²) < 4.78 is 16.5. The minimum absolute atomic E-state index is 0.174. The van der Waals surface area contributed by atoms with Gasteiger partial charge < -0.3 is 19.2 Å². The molecule has 1 fully saturated rings. The van der Waals surface area contributed by atoms with Crippen molar-refractivity contribution < 1.29 is 13.9 Å². The maximum Gasteiger partial charge on any atom is 0.162 e. The smallest absolute Gasteiger partial charge is 0.162 e. The van der Waals surface area contributed by atoms with E-state index in [-0.39, 0.29) is 12.1 Å². The van der Waals surface area contributed by atoms with Crippen molar-refractivity contribution in [3.8, 4) is 0 Å². The van der Waals surface area contributed by atoms with Crippen molar-refractivity contribution in [3.05, 3.63) is 24.2 Å². The molecule has 0 radical (unpaired) electrons. The standard InChI is InChI=1S/C12H19NO3/c1-9(11-5-4-6-14-11)13-10-7-15-12(2,3)16-8-10/h4-6,9-10,13H,7-8H2,1-3H3/t9-/m0/s1. The maximum absolute atomic E-state index is 5.58. The van der Waals surface area contributed by atoms with Gasteiger partial charge >= 0.3 is 0 Å². The molecule has 2 rings (SSSR count). The highest BCUT2D eigenvalue weighted by Gasteiger charge is 2.29. The average Bonchev–Trinajstić information content (AvgIpc) is 2.74. The van der Waals surface area contributed by atoms with Crippen LogP contribution in [0.3, 0.4) is 0 Å². The number of rotatable bonds is 3. The van der Waals surface area contributed by atoms with Gasteiger partial charge in [0, 0.05) is 0 Å². The largest absolute Gasteiger partial charge is 0.468 e. The maximum atomic E-state index is 5.58. The van der Waals surface area contributed by atoms with Crippen molar-refractivity contribution in [1.82, 2.24) is 5.32 Å². The first-order valence-electron chi connectivity index (χ1n) is 5.64. The minimum atomic E-state index is -0.452. The van der Waals surface area contributed by atoms with Gasteiger partial charge in [-0.25, -0.2) is 0 Å². The van der Waals surface area contributed by atoms with Crippen LogP contribution in [0.25, 0.3) is 0 Å². The van der Waals surface area contributed by atoms with E-state index in [2.05, 4.69) is 12.2 Å². The zero-order valence-corrected chi connectivity index (χ0v) is 10.0. The van der Waals surface area contributed by atoms with Crippen molar-refractivity contribution in [2.75, 3.05) is 13.2 Å². The van der Waals surface area contributed by atoms with Crippen LogP contribution < -0.4 is 5.32 Å². The summed E-state index contributed by atoms with van der Waals surface area (Å²) in [6.07, 6.45) is 1.69. The van der Waals surface area contributed by atoms with Gasteiger partial charge in [0.15, 0.2) is 5.79 Å². The van der Waals surface area contributed by atoms with Crippen LogP contribution in [-0.2, 0) is 9.47 Å². The summed E-state index contributed by atoms with van der Waals surface area (Å²) in [5.41, 5.74) is 0. The van der Waals surface area contributed by atoms with Crippen LogP contribution in [0.5, 0.6) is 0 Å². The lowest BCUT2D eigenvalue weighted by Gasteiger charge is -2.36. The molecule has 0 unspecified atom stereocenters. The van der Waals surface area contributed by atoms with Crippen LogP contribution in [0.2, 0.25) is 0 Å². The Bertz CT molecular complexity index is 311. The van der Waals surface area contributed by atoms with Gasteiger partial charge in [0.05, 0.1) is 31.6 Å². The zero-order chi connectivity index (χ0) is 11.6. The first-order chi connectivity index (χ1) is 7.57. The predicted octanol–water partition coefficient (Wildman–Crippen LogP) is 2.08. The number of hydrogen-bond acceptors (Lipinski definition) is 4. The van der Waals surface area contributed by atoms with E-state index in [0.717, 1.165) is 5.76 Å². The molecule has 4 nitrogen and oxygen atoms in total. The normalized spacial score (nSPS) is 23.2. The molecule has 1 aromatic heterocycles. The van der Waals surface area contributed by atoms with E-state index < -0.39 is 5.79 Å². The third-order valence-electron chi connectivity index (χ3n) is 2.72. The Hall–Kier alpha value is -0.840. The number of hydrogen-bond donors (Lipinski definition) is 1. The molecule has 4 heteroatoms. The fourth-order valence-corrected chi connectivity index (χ4v) is 1.76. The lowest BCUT2D eigenvalue weighted by atomic mass is 10.2. The Labute approximate surface area is 95.9 Å². The highest BCUT2D eigenvalue weighted by molar-refractivity contribution is 5.03. The summed E-state index contributed by atoms with van der Waals surface area (Å²) in [4.78, 5) is 0. The van der Waals surface area contributed by atoms with Crippen LogP contribution >= 0.6 is 0 Å². The average molecular weight is 225 g/mol. The van der Waals surface area contributed by atoms with Gasteiger partial charge in [-0.05, 0) is 32.9 Å². The van der Waals surface area contributed by atoms with E-state index in [1.54, 1.807) is 6.26 Å². The van der Waals surface area contributed by atoms with E-state index in [0.29, 0.717) is 13.2 Å². The second kappa shape index (κ2) is 4.57. The molecule has 0 bridgehead atoms. The fraction of sp³-hybridized carbons (Fsp3) is 0.667. The van der Waals surface area contributed by atoms with Crippen molar-refractivity contribution in [2.24, 2.45) is 0 Å². The van der Waals surface area contributed by atoms with Crippen LogP contribution in [0.15, 0.2) is 22.8 Å². The van der Waals surface area contributed by atoms with Crippen LogP contribution in [-0.4, -0.2) is 25.0 Å². The van der Waals surface area contributed by atoms with Crippen molar-refractivity contribution in [2.45, 2.75) is 38.6 Å². The van der Waals surface area contributed by atoms with Crippen LogP contribution in [0.1, 0.15) is 32.6 Å². The summed E-state index contributed by atoms with van der Waals surface area (Å²) in [7, 11) is 0. The Balaban J connectivity index is 1.83. The monoisotopic (exact) mass is 225 g/mol. The van der Waals surface area contributed by atoms with Crippen LogP contribution in [0, 0.1) is 0 Å². The highest BCUT2D eigenvalue weighted by Crippen LogP contribution is 2.19. The molecule has 1 aromatic rings. The van der Waals surface area contributed by atoms with Gasteiger partial charge in [-0.2, -0.15) is 0 Å². The molecule has 0 spiro atoms. The zero-order valence-electron chi connectivity index (χ0n) is 10.0. The van der Waals surface area contributed by atoms with Crippen LogP contribution in [0.4, 0.5) is 0 Å². The van der Waals surface area contributed by atoms with E-state index in [4.69, 9.17) is 13.9 Å². The topological polar surface area (TPSA) is 43.6 Å². The minimum Gasteiger partial charge on any atom is -0.468 e. The quantitative estimate of drug-likeness (QED) is 0.855.